The fourth-order valence-electron chi connectivity index (χ4n) is 1.64. The molecule has 0 heterocycles. The Labute approximate surface area is 172 Å². The van der Waals surface area contributed by atoms with Gasteiger partial charge in [-0.05, 0) is 42.5 Å². The van der Waals surface area contributed by atoms with E-state index in [1.165, 1.54) is 6.21 Å². The van der Waals surface area contributed by atoms with E-state index in [2.05, 4.69) is 6.07 Å². The third-order valence-electron chi connectivity index (χ3n) is 2.96. The lowest BCUT2D eigenvalue weighted by Gasteiger charge is -2.11. The number of nitrogens with two attached hydrogens (primary N) is 1. The predicted octanol–water partition coefficient (Wildman–Crippen LogP) is 5.98. The van der Waals surface area contributed by atoms with Crippen LogP contribution in [0.3, 0.4) is 0 Å². The third-order valence-corrected chi connectivity index (χ3v) is 2.96. The first-order valence-electron chi connectivity index (χ1n) is 9.63. The number of nitriles is 1. The Morgan fingerprint density at radius 1 is 0.964 bits per heavy atom. The third kappa shape index (κ3) is 12.4. The van der Waals surface area contributed by atoms with E-state index in [1.807, 2.05) is 84.8 Å². The molecule has 0 aliphatic rings. The molecule has 0 atom stereocenters. The van der Waals surface area contributed by atoms with Gasteiger partial charge in [0, 0.05) is 37.2 Å². The molecule has 0 fully saturated rings. The summed E-state index contributed by atoms with van der Waals surface area (Å²) in [6, 6.07) is 14.8. The zero-order valence-corrected chi connectivity index (χ0v) is 19.0. The van der Waals surface area contributed by atoms with E-state index >= 15 is 0 Å². The summed E-state index contributed by atoms with van der Waals surface area (Å²) in [5.41, 5.74) is 8.65. The second-order valence-corrected chi connectivity index (χ2v) is 4.69. The smallest absolute Gasteiger partial charge is 0.119 e. The highest BCUT2D eigenvalue weighted by Gasteiger charge is 1.96. The van der Waals surface area contributed by atoms with Crippen molar-refractivity contribution in [3.63, 3.8) is 0 Å². The number of nitrogen functional groups attached to an aromatic ring is 1. The van der Waals surface area contributed by atoms with Crippen LogP contribution in [0.4, 0.5) is 11.4 Å². The molecule has 3 N–H and O–H groups in total. The van der Waals surface area contributed by atoms with Gasteiger partial charge in [-0.3, -0.25) is 0 Å². The normalized spacial score (nSPS) is 7.71. The monoisotopic (exact) mass is 386 g/mol. The Morgan fingerprint density at radius 2 is 1.46 bits per heavy atom. The van der Waals surface area contributed by atoms with E-state index in [0.29, 0.717) is 16.8 Å². The van der Waals surface area contributed by atoms with E-state index in [4.69, 9.17) is 21.1 Å². The van der Waals surface area contributed by atoms with E-state index in [-0.39, 0.29) is 0 Å². The van der Waals surface area contributed by atoms with E-state index < -0.39 is 0 Å². The molecule has 2 aromatic rings. The maximum Gasteiger partial charge on any atom is 0.119 e. The zero-order chi connectivity index (χ0) is 22.5. The minimum Gasteiger partial charge on any atom is -0.497 e. The number of hydrogen-bond donors (Lipinski definition) is 2. The van der Waals surface area contributed by atoms with Crippen LogP contribution in [-0.4, -0.2) is 27.4 Å². The number of methoxy groups -OCH3 is 1. The van der Waals surface area contributed by atoms with E-state index in [0.717, 1.165) is 11.4 Å². The van der Waals surface area contributed by atoms with Gasteiger partial charge in [0.25, 0.3) is 0 Å². The molecule has 2 rings (SSSR count). The van der Waals surface area contributed by atoms with Crippen LogP contribution in [0.15, 0.2) is 42.5 Å². The second kappa shape index (κ2) is 20.3. The topological polar surface area (TPSA) is 86.1 Å². The molecule has 0 radical (unpaired) electrons. The van der Waals surface area contributed by atoms with Gasteiger partial charge in [-0.15, -0.1) is 0 Å². The van der Waals surface area contributed by atoms with Crippen molar-refractivity contribution in [3.05, 3.63) is 53.6 Å². The predicted molar refractivity (Wildman–Crippen MR) is 125 cm³/mol. The number of ether oxygens (including phenoxy) is 1. The van der Waals surface area contributed by atoms with Crippen molar-refractivity contribution in [1.82, 2.24) is 0 Å². The number of benzene rings is 2. The lowest BCUT2D eigenvalue weighted by Crippen LogP contribution is -2.07. The molecule has 0 amide bonds. The molecule has 0 aromatic heterocycles. The Hall–Kier alpha value is -3.00. The Kier molecular flexibility index (Phi) is 21.6. The van der Waals surface area contributed by atoms with Crippen molar-refractivity contribution in [1.29, 1.82) is 10.7 Å². The summed E-state index contributed by atoms with van der Waals surface area (Å²) in [6.45, 7) is 12.0. The van der Waals surface area contributed by atoms with E-state index in [1.54, 1.807) is 25.3 Å². The fraction of sp³-hybridized carbons (Fsp3) is 0.391. The molecule has 156 valence electrons. The minimum atomic E-state index is 0.598. The van der Waals surface area contributed by atoms with Crippen molar-refractivity contribution >= 4 is 17.6 Å². The summed E-state index contributed by atoms with van der Waals surface area (Å²) >= 11 is 0. The highest BCUT2D eigenvalue weighted by Crippen LogP contribution is 2.17. The highest BCUT2D eigenvalue weighted by atomic mass is 16.5. The van der Waals surface area contributed by atoms with Crippen LogP contribution in [0.1, 0.15) is 52.7 Å². The first-order valence-corrected chi connectivity index (χ1v) is 9.63. The van der Waals surface area contributed by atoms with Crippen molar-refractivity contribution in [2.75, 3.05) is 31.8 Å². The summed E-state index contributed by atoms with van der Waals surface area (Å²) in [5, 5.41) is 15.5. The standard InChI is InChI=1S/C9H10N2.C8H10N2O.3C2H6/c1-11(2)9-5-3-8(7-10)4-6-9;1-11-7-2-3-8(10)6(4-7)5-9;3*1-2/h3-6H,1-2H3;2-5,9H,10H2,1H3;3*1-2H3. The molecular weight excluding hydrogens is 348 g/mol. The van der Waals surface area contributed by atoms with Gasteiger partial charge in [0.15, 0.2) is 0 Å². The summed E-state index contributed by atoms with van der Waals surface area (Å²) in [6.07, 6.45) is 1.21. The molecule has 0 saturated carbocycles. The number of rotatable bonds is 3. The average Bonchev–Trinajstić information content (AvgIpc) is 2.78. The Morgan fingerprint density at radius 3 is 1.82 bits per heavy atom. The molecule has 0 saturated heterocycles. The van der Waals surface area contributed by atoms with Crippen LogP contribution in [0.5, 0.6) is 5.75 Å². The van der Waals surface area contributed by atoms with Gasteiger partial charge in [-0.2, -0.15) is 5.26 Å². The largest absolute Gasteiger partial charge is 0.497 e. The lowest BCUT2D eigenvalue weighted by atomic mass is 10.2. The van der Waals surface area contributed by atoms with Gasteiger partial charge in [0.1, 0.15) is 5.75 Å². The van der Waals surface area contributed by atoms with Crippen LogP contribution in [0.2, 0.25) is 0 Å². The number of nitrogens with one attached hydrogen (secondary N) is 1. The van der Waals surface area contributed by atoms with Gasteiger partial charge < -0.3 is 20.8 Å². The maximum atomic E-state index is 8.50. The van der Waals surface area contributed by atoms with E-state index in [9.17, 15) is 0 Å². The number of anilines is 2. The molecule has 0 spiro atoms. The summed E-state index contributed by atoms with van der Waals surface area (Å²) in [4.78, 5) is 2.00. The fourth-order valence-corrected chi connectivity index (χ4v) is 1.64. The molecule has 0 aliphatic heterocycles. The van der Waals surface area contributed by atoms with Gasteiger partial charge in [0.2, 0.25) is 0 Å². The lowest BCUT2D eigenvalue weighted by molar-refractivity contribution is 0.415. The quantitative estimate of drug-likeness (QED) is 0.502. The molecule has 28 heavy (non-hydrogen) atoms. The molecule has 0 bridgehead atoms. The minimum absolute atomic E-state index is 0.598. The van der Waals surface area contributed by atoms with Crippen LogP contribution in [-0.2, 0) is 0 Å². The zero-order valence-electron chi connectivity index (χ0n) is 19.0. The van der Waals surface area contributed by atoms with Gasteiger partial charge in [0.05, 0.1) is 18.7 Å². The highest BCUT2D eigenvalue weighted by molar-refractivity contribution is 5.85. The van der Waals surface area contributed by atoms with Crippen LogP contribution in [0.25, 0.3) is 0 Å². The van der Waals surface area contributed by atoms with Crippen molar-refractivity contribution in [2.45, 2.75) is 41.5 Å². The molecule has 5 heteroatoms. The Balaban J connectivity index is -0.000000352. The SMILES string of the molecule is CC.CC.CC.CN(C)c1ccc(C#N)cc1.COc1ccc(N)c(C=N)c1. The van der Waals surface area contributed by atoms with Crippen molar-refractivity contribution in [2.24, 2.45) is 0 Å². The molecule has 0 unspecified atom stereocenters. The summed E-state index contributed by atoms with van der Waals surface area (Å²) in [5.74, 6) is 0.720. The van der Waals surface area contributed by atoms with Gasteiger partial charge in [-0.1, -0.05) is 41.5 Å². The first kappa shape index (κ1) is 29.8. The Bertz CT molecular complexity index is 659. The van der Waals surface area contributed by atoms with Crippen LogP contribution in [0, 0.1) is 16.7 Å². The summed E-state index contributed by atoms with van der Waals surface area (Å²) < 4.78 is 4.95. The maximum absolute atomic E-state index is 8.50. The van der Waals surface area contributed by atoms with Crippen LogP contribution >= 0.6 is 0 Å². The molecular formula is C23H38N4O. The number of hydrogen-bond acceptors (Lipinski definition) is 5. The van der Waals surface area contributed by atoms with Crippen molar-refractivity contribution < 1.29 is 4.74 Å². The van der Waals surface area contributed by atoms with Crippen molar-refractivity contribution in [3.8, 4) is 11.8 Å². The summed E-state index contributed by atoms with van der Waals surface area (Å²) in [7, 11) is 5.53. The first-order chi connectivity index (χ1) is 13.5. The van der Waals surface area contributed by atoms with Crippen LogP contribution < -0.4 is 15.4 Å². The molecule has 0 aliphatic carbocycles. The van der Waals surface area contributed by atoms with Gasteiger partial charge >= 0.3 is 0 Å². The molecule has 2 aromatic carbocycles. The average molecular weight is 387 g/mol. The molecule has 5 nitrogen and oxygen atoms in total. The number of nitrogens with zero attached hydrogens (tertiary/aromatic N) is 2. The second-order valence-electron chi connectivity index (χ2n) is 4.69. The van der Waals surface area contributed by atoms with Gasteiger partial charge in [-0.25, -0.2) is 0 Å².